The van der Waals surface area contributed by atoms with Crippen molar-refractivity contribution in [3.8, 4) is 11.8 Å². The molecule has 0 bridgehead atoms. The van der Waals surface area contributed by atoms with E-state index in [0.29, 0.717) is 11.0 Å². The number of fused-ring (bicyclic) bond motifs is 1. The molecular weight excluding hydrogens is 422 g/mol. The number of rotatable bonds is 2. The molecule has 1 aliphatic rings. The Bertz CT molecular complexity index is 1030. The van der Waals surface area contributed by atoms with Gasteiger partial charge in [0.05, 0.1) is 35.4 Å². The number of nitrogens with zero attached hydrogens (tertiary/aromatic N) is 2. The van der Waals surface area contributed by atoms with Crippen LogP contribution in [0, 0.1) is 11.3 Å². The summed E-state index contributed by atoms with van der Waals surface area (Å²) in [6.07, 6.45) is -9.55. The maximum Gasteiger partial charge on any atom is 0.420 e. The Balaban J connectivity index is 2.09. The van der Waals surface area contributed by atoms with Gasteiger partial charge in [0.1, 0.15) is 11.8 Å². The number of carbonyl (C=O) groups is 1. The van der Waals surface area contributed by atoms with Crippen molar-refractivity contribution in [3.05, 3.63) is 52.6 Å². The van der Waals surface area contributed by atoms with Crippen LogP contribution in [-0.2, 0) is 12.4 Å². The average Bonchev–Trinajstić information content (AvgIpc) is 3.08. The van der Waals surface area contributed by atoms with Gasteiger partial charge in [-0.2, -0.15) is 31.6 Å². The first-order chi connectivity index (χ1) is 13.5. The Labute approximate surface area is 164 Å². The van der Waals surface area contributed by atoms with Crippen molar-refractivity contribution in [3.63, 3.8) is 0 Å². The zero-order valence-electron chi connectivity index (χ0n) is 14.5. The minimum atomic E-state index is -4.91. The summed E-state index contributed by atoms with van der Waals surface area (Å²) >= 11 is 1.07. The van der Waals surface area contributed by atoms with Gasteiger partial charge in [0, 0.05) is 10.5 Å². The molecule has 0 atom stereocenters. The molecule has 0 unspecified atom stereocenters. The highest BCUT2D eigenvalue weighted by atomic mass is 32.2. The van der Waals surface area contributed by atoms with Crippen molar-refractivity contribution in [2.75, 3.05) is 17.9 Å². The Morgan fingerprint density at radius 1 is 1.14 bits per heavy atom. The Morgan fingerprint density at radius 2 is 1.83 bits per heavy atom. The number of hydrogen-bond acceptors (Lipinski definition) is 4. The third kappa shape index (κ3) is 3.85. The lowest BCUT2D eigenvalue weighted by atomic mass is 10.0. The van der Waals surface area contributed by atoms with E-state index in [9.17, 15) is 31.1 Å². The smallest absolute Gasteiger partial charge is 0.420 e. The second-order valence-corrected chi connectivity index (χ2v) is 6.89. The molecule has 0 radical (unpaired) electrons. The maximum absolute atomic E-state index is 13.4. The number of benzene rings is 2. The van der Waals surface area contributed by atoms with Gasteiger partial charge in [0.15, 0.2) is 0 Å². The predicted molar refractivity (Wildman–Crippen MR) is 91.7 cm³/mol. The fourth-order valence-electron chi connectivity index (χ4n) is 2.82. The number of halogens is 6. The highest BCUT2D eigenvalue weighted by molar-refractivity contribution is 8.00. The number of nitriles is 1. The van der Waals surface area contributed by atoms with E-state index in [4.69, 9.17) is 5.26 Å². The molecule has 0 saturated carbocycles. The van der Waals surface area contributed by atoms with Gasteiger partial charge in [-0.05, 0) is 30.3 Å². The molecule has 3 rings (SSSR count). The van der Waals surface area contributed by atoms with E-state index in [1.165, 1.54) is 6.07 Å². The van der Waals surface area contributed by atoms with Crippen LogP contribution in [0.2, 0.25) is 0 Å². The van der Waals surface area contributed by atoms with Crippen LogP contribution >= 0.6 is 11.8 Å². The van der Waals surface area contributed by atoms with Gasteiger partial charge in [-0.1, -0.05) is 0 Å². The summed E-state index contributed by atoms with van der Waals surface area (Å²) in [7, 11) is 0.957. The number of ether oxygens (including phenoxy) is 1. The summed E-state index contributed by atoms with van der Waals surface area (Å²) in [4.78, 5) is 14.2. The molecule has 0 aliphatic carbocycles. The van der Waals surface area contributed by atoms with E-state index in [-0.39, 0.29) is 11.6 Å². The maximum atomic E-state index is 13.4. The minimum Gasteiger partial charge on any atom is -0.495 e. The average molecular weight is 432 g/mol. The quantitative estimate of drug-likeness (QED) is 0.604. The summed E-state index contributed by atoms with van der Waals surface area (Å²) < 4.78 is 83.7. The molecule has 152 valence electrons. The van der Waals surface area contributed by atoms with Crippen LogP contribution < -0.4 is 9.64 Å². The molecule has 1 heterocycles. The van der Waals surface area contributed by atoms with E-state index in [0.717, 1.165) is 42.0 Å². The minimum absolute atomic E-state index is 0.0577. The predicted octanol–water partition coefficient (Wildman–Crippen LogP) is 5.31. The largest absolute Gasteiger partial charge is 0.495 e. The summed E-state index contributed by atoms with van der Waals surface area (Å²) in [5, 5.41) is 9.14. The first-order valence-corrected chi connectivity index (χ1v) is 8.81. The van der Waals surface area contributed by atoms with Gasteiger partial charge in [-0.15, -0.1) is 11.8 Å². The van der Waals surface area contributed by atoms with Gasteiger partial charge in [0.25, 0.3) is 5.91 Å². The van der Waals surface area contributed by atoms with Crippen LogP contribution in [0.25, 0.3) is 0 Å². The van der Waals surface area contributed by atoms with Crippen molar-refractivity contribution >= 4 is 23.4 Å². The lowest BCUT2D eigenvalue weighted by molar-refractivity contribution is -0.139. The van der Waals surface area contributed by atoms with E-state index in [2.05, 4.69) is 4.74 Å². The molecule has 1 amide bonds. The van der Waals surface area contributed by atoms with Crippen LogP contribution in [0.3, 0.4) is 0 Å². The molecule has 4 nitrogen and oxygen atoms in total. The number of thioether (sulfide) groups is 1. The number of alkyl halides is 6. The summed E-state index contributed by atoms with van der Waals surface area (Å²) in [6, 6.07) is 5.83. The van der Waals surface area contributed by atoms with Crippen molar-refractivity contribution in [2.24, 2.45) is 0 Å². The second-order valence-electron chi connectivity index (χ2n) is 5.90. The SMILES string of the molecule is COc1c(C#N)cc(C(=O)N2CSc3ccc(C(F)(F)F)cc32)cc1C(F)(F)F. The van der Waals surface area contributed by atoms with Gasteiger partial charge in [0.2, 0.25) is 0 Å². The Kier molecular flexibility index (Phi) is 5.17. The first kappa shape index (κ1) is 20.9. The molecule has 0 aromatic heterocycles. The normalized spacial score (nSPS) is 13.8. The highest BCUT2D eigenvalue weighted by Crippen LogP contribution is 2.44. The summed E-state index contributed by atoms with van der Waals surface area (Å²) in [5.74, 6) is -1.77. The van der Waals surface area contributed by atoms with E-state index in [1.54, 1.807) is 6.07 Å². The van der Waals surface area contributed by atoms with Crippen LogP contribution in [-0.4, -0.2) is 18.9 Å². The van der Waals surface area contributed by atoms with Crippen LogP contribution in [0.1, 0.15) is 27.0 Å². The number of anilines is 1. The number of hydrogen-bond donors (Lipinski definition) is 0. The molecule has 0 N–H and O–H groups in total. The fraction of sp³-hybridized carbons (Fsp3) is 0.222. The molecular formula is C18H10F6N2O2S. The van der Waals surface area contributed by atoms with E-state index < -0.39 is 46.3 Å². The zero-order chi connectivity index (χ0) is 21.6. The monoisotopic (exact) mass is 432 g/mol. The van der Waals surface area contributed by atoms with Gasteiger partial charge in [-0.3, -0.25) is 9.69 Å². The van der Waals surface area contributed by atoms with E-state index >= 15 is 0 Å². The van der Waals surface area contributed by atoms with Crippen LogP contribution in [0.4, 0.5) is 32.0 Å². The molecule has 1 aliphatic heterocycles. The molecule has 2 aromatic carbocycles. The molecule has 11 heteroatoms. The van der Waals surface area contributed by atoms with Crippen molar-refractivity contribution in [2.45, 2.75) is 17.2 Å². The lowest BCUT2D eigenvalue weighted by Gasteiger charge is -2.20. The Morgan fingerprint density at radius 3 is 2.38 bits per heavy atom. The van der Waals surface area contributed by atoms with Gasteiger partial charge < -0.3 is 4.74 Å². The van der Waals surface area contributed by atoms with Crippen molar-refractivity contribution in [1.82, 2.24) is 0 Å². The summed E-state index contributed by atoms with van der Waals surface area (Å²) in [5.41, 5.74) is -3.36. The lowest BCUT2D eigenvalue weighted by Crippen LogP contribution is -2.28. The molecule has 0 fully saturated rings. The molecule has 29 heavy (non-hydrogen) atoms. The second kappa shape index (κ2) is 7.18. The van der Waals surface area contributed by atoms with Crippen molar-refractivity contribution in [1.29, 1.82) is 5.26 Å². The number of methoxy groups -OCH3 is 1. The first-order valence-electron chi connectivity index (χ1n) is 7.82. The summed E-state index contributed by atoms with van der Waals surface area (Å²) in [6.45, 7) is 0. The zero-order valence-corrected chi connectivity index (χ0v) is 15.3. The third-order valence-electron chi connectivity index (χ3n) is 4.14. The van der Waals surface area contributed by atoms with E-state index in [1.807, 2.05) is 0 Å². The van der Waals surface area contributed by atoms with Gasteiger partial charge in [-0.25, -0.2) is 0 Å². The number of amides is 1. The Hall–Kier alpha value is -2.87. The highest BCUT2D eigenvalue weighted by Gasteiger charge is 2.38. The van der Waals surface area contributed by atoms with Gasteiger partial charge >= 0.3 is 12.4 Å². The van der Waals surface area contributed by atoms with Crippen molar-refractivity contribution < 1.29 is 35.9 Å². The van der Waals surface area contributed by atoms with Crippen LogP contribution in [0.5, 0.6) is 5.75 Å². The molecule has 0 saturated heterocycles. The third-order valence-corrected chi connectivity index (χ3v) is 5.18. The van der Waals surface area contributed by atoms with Crippen LogP contribution in [0.15, 0.2) is 35.2 Å². The molecule has 0 spiro atoms. The topological polar surface area (TPSA) is 53.3 Å². The standard InChI is InChI=1S/C18H10F6N2O2S/c1-28-15-10(7-25)4-9(5-12(15)18(22,23)24)16(27)26-8-29-14-3-2-11(6-13(14)26)17(19,20)21/h2-6H,8H2,1H3. The molecule has 2 aromatic rings. The number of carbonyl (C=O) groups excluding carboxylic acids is 1. The fourth-order valence-corrected chi connectivity index (χ4v) is 3.83.